The van der Waals surface area contributed by atoms with Crippen LogP contribution in [0.3, 0.4) is 0 Å². The van der Waals surface area contributed by atoms with Crippen LogP contribution in [0, 0.1) is 0 Å². The van der Waals surface area contributed by atoms with Crippen LogP contribution in [0.4, 0.5) is 4.79 Å². The minimum absolute atomic E-state index is 0.185. The van der Waals surface area contributed by atoms with Crippen LogP contribution in [-0.2, 0) is 10.0 Å². The third-order valence-corrected chi connectivity index (χ3v) is 4.12. The van der Waals surface area contributed by atoms with Gasteiger partial charge in [0.25, 0.3) is 0 Å². The van der Waals surface area contributed by atoms with E-state index in [1.54, 1.807) is 12.4 Å². The number of nitrogens with zero attached hydrogens (tertiary/aromatic N) is 2. The van der Waals surface area contributed by atoms with Gasteiger partial charge in [0.05, 0.1) is 0 Å². The number of carbonyl (C=O) groups is 1. The van der Waals surface area contributed by atoms with Gasteiger partial charge in [0, 0.05) is 12.4 Å². The van der Waals surface area contributed by atoms with Gasteiger partial charge in [0.2, 0.25) is 0 Å². The number of amides is 1. The van der Waals surface area contributed by atoms with Crippen molar-refractivity contribution in [1.29, 1.82) is 0 Å². The summed E-state index contributed by atoms with van der Waals surface area (Å²) in [6.07, 6.45) is 3.13. The van der Waals surface area contributed by atoms with Crippen molar-refractivity contribution in [3.63, 3.8) is 0 Å². The van der Waals surface area contributed by atoms with Gasteiger partial charge in [-0.3, -0.25) is 9.99 Å². The molecule has 6 nitrogen and oxygen atoms in total. The minimum atomic E-state index is -0.740. The minimum Gasteiger partial charge on any atom is -0.411 e. The van der Waals surface area contributed by atoms with Gasteiger partial charge in [-0.1, -0.05) is 20.8 Å². The largest absolute Gasteiger partial charge is 0.411 e. The average Bonchev–Trinajstić information content (AvgIpc) is 2.74. The van der Waals surface area contributed by atoms with Crippen molar-refractivity contribution >= 4 is 15.8 Å². The molecule has 1 aromatic rings. The van der Waals surface area contributed by atoms with E-state index in [0.717, 1.165) is 0 Å². The number of nitrogens with one attached hydrogen (secondary N) is 1. The van der Waals surface area contributed by atoms with E-state index in [4.69, 9.17) is 10.3 Å². The number of nitrogens with two attached hydrogens (primary N) is 1. The van der Waals surface area contributed by atoms with Gasteiger partial charge in [-0.25, -0.2) is 15.6 Å². The first-order valence-corrected chi connectivity index (χ1v) is 7.14. The summed E-state index contributed by atoms with van der Waals surface area (Å²) in [6.45, 7) is 10.3. The lowest BCUT2D eigenvalue weighted by atomic mass is 10.1. The predicted octanol–water partition coefficient (Wildman–Crippen LogP) is 0.868. The first kappa shape index (κ1) is 14.9. The van der Waals surface area contributed by atoms with Crippen LogP contribution < -0.4 is 11.3 Å². The van der Waals surface area contributed by atoms with Crippen molar-refractivity contribution in [2.45, 2.75) is 45.3 Å². The first-order valence-electron chi connectivity index (χ1n) is 5.86. The van der Waals surface area contributed by atoms with Gasteiger partial charge in [-0.15, -0.1) is 0 Å². The van der Waals surface area contributed by atoms with E-state index in [1.165, 1.54) is 4.57 Å². The van der Waals surface area contributed by atoms with E-state index in [1.807, 2.05) is 13.8 Å². The quantitative estimate of drug-likeness (QED) is 0.369. The molecule has 0 atom stereocenters. The van der Waals surface area contributed by atoms with Crippen molar-refractivity contribution in [1.82, 2.24) is 15.0 Å². The zero-order valence-corrected chi connectivity index (χ0v) is 13.1. The number of hydrogen-bond donors (Lipinski definition) is 2. The molecule has 0 saturated heterocycles. The number of rotatable bonds is 3. The molecule has 0 radical (unpaired) electrons. The van der Waals surface area contributed by atoms with E-state index in [-0.39, 0.29) is 5.04 Å². The second-order valence-electron chi connectivity index (χ2n) is 5.93. The molecule has 0 bridgehead atoms. The molecular weight excluding hydrogens is 248 g/mol. The van der Waals surface area contributed by atoms with E-state index in [0.29, 0.717) is 5.82 Å². The molecule has 0 aromatic carbocycles. The fraction of sp³-hybridized carbons (Fsp3) is 0.636. The van der Waals surface area contributed by atoms with Gasteiger partial charge in [0.15, 0.2) is 9.76 Å². The summed E-state index contributed by atoms with van der Waals surface area (Å²) < 4.78 is 7.38. The maximum atomic E-state index is 11.6. The molecule has 0 aliphatic heterocycles. The second kappa shape index (κ2) is 5.21. The Bertz CT molecular complexity index is 423. The van der Waals surface area contributed by atoms with Crippen LogP contribution in [0.1, 0.15) is 40.4 Å². The molecule has 0 fully saturated rings. The molecule has 0 saturated carbocycles. The fourth-order valence-electron chi connectivity index (χ4n) is 1.44. The molecule has 0 spiro atoms. The Kier molecular flexibility index (Phi) is 4.31. The Hall–Kier alpha value is -1.18. The predicted molar refractivity (Wildman–Crippen MR) is 72.7 cm³/mol. The lowest BCUT2D eigenvalue weighted by Crippen LogP contribution is -2.38. The smallest absolute Gasteiger partial charge is 0.341 e. The molecule has 0 unspecified atom stereocenters. The highest BCUT2D eigenvalue weighted by Crippen LogP contribution is 2.28. The van der Waals surface area contributed by atoms with E-state index >= 15 is 0 Å². The number of imidazole rings is 1. The van der Waals surface area contributed by atoms with E-state index < -0.39 is 21.4 Å². The normalized spacial score (nSPS) is 13.2. The first-order chi connectivity index (χ1) is 8.17. The van der Waals surface area contributed by atoms with Crippen molar-refractivity contribution < 1.29 is 9.22 Å². The fourth-order valence-corrected chi connectivity index (χ4v) is 2.37. The molecule has 1 rings (SSSR count). The molecule has 1 amide bonds. The van der Waals surface area contributed by atoms with Crippen LogP contribution in [0.15, 0.2) is 12.4 Å². The number of hydrogen-bond acceptors (Lipinski definition) is 4. The SMILES string of the molecule is CC(C)(C)[SiH2]OC(C)(C)c1nccn1C(=O)NN. The number of nitrogen functional groups attached to an aromatic ring is 1. The molecule has 0 aliphatic rings. The summed E-state index contributed by atoms with van der Waals surface area (Å²) in [5.41, 5.74) is 1.49. The maximum Gasteiger partial charge on any atom is 0.341 e. The average molecular weight is 270 g/mol. The van der Waals surface area contributed by atoms with Crippen LogP contribution in [0.2, 0.25) is 5.04 Å². The summed E-state index contributed by atoms with van der Waals surface area (Å²) in [4.78, 5) is 15.8. The topological polar surface area (TPSA) is 82.2 Å². The molecule has 1 heterocycles. The molecule has 102 valence electrons. The summed E-state index contributed by atoms with van der Waals surface area (Å²) in [7, 11) is -0.740. The van der Waals surface area contributed by atoms with Crippen molar-refractivity contribution in [3.8, 4) is 0 Å². The summed E-state index contributed by atoms with van der Waals surface area (Å²) in [5.74, 6) is 5.70. The summed E-state index contributed by atoms with van der Waals surface area (Å²) in [6, 6.07) is -0.420. The van der Waals surface area contributed by atoms with Crippen molar-refractivity contribution in [3.05, 3.63) is 18.2 Å². The van der Waals surface area contributed by atoms with Gasteiger partial charge in [-0.2, -0.15) is 0 Å². The van der Waals surface area contributed by atoms with Crippen LogP contribution in [0.5, 0.6) is 0 Å². The zero-order chi connectivity index (χ0) is 14.0. The lowest BCUT2D eigenvalue weighted by molar-refractivity contribution is 0.0963. The number of aromatic nitrogens is 2. The van der Waals surface area contributed by atoms with Gasteiger partial charge in [-0.05, 0) is 18.9 Å². The standard InChI is InChI=1S/C11H22N4O2Si/c1-10(2,3)18-17-11(4,5)8-13-6-7-15(8)9(16)14-12/h6-7H,12,18H2,1-5H3,(H,14,16). The van der Waals surface area contributed by atoms with E-state index in [9.17, 15) is 4.79 Å². The Morgan fingerprint density at radius 2 is 2.06 bits per heavy atom. The van der Waals surface area contributed by atoms with Gasteiger partial charge >= 0.3 is 6.03 Å². The van der Waals surface area contributed by atoms with Gasteiger partial charge in [0.1, 0.15) is 11.4 Å². The highest BCUT2D eigenvalue weighted by Gasteiger charge is 2.30. The maximum absolute atomic E-state index is 11.6. The molecule has 1 aromatic heterocycles. The third kappa shape index (κ3) is 3.66. The Morgan fingerprint density at radius 3 is 2.56 bits per heavy atom. The second-order valence-corrected chi connectivity index (χ2v) is 8.63. The molecule has 3 N–H and O–H groups in total. The molecular formula is C11H22N4O2Si. The summed E-state index contributed by atoms with van der Waals surface area (Å²) in [5, 5.41) is 0.185. The van der Waals surface area contributed by atoms with E-state index in [2.05, 4.69) is 31.2 Å². The number of carbonyl (C=O) groups excluding carboxylic acids is 1. The third-order valence-electron chi connectivity index (χ3n) is 2.39. The number of hydrazine groups is 1. The Labute approximate surface area is 110 Å². The van der Waals surface area contributed by atoms with Crippen LogP contribution >= 0.6 is 0 Å². The summed E-state index contributed by atoms with van der Waals surface area (Å²) >= 11 is 0. The monoisotopic (exact) mass is 270 g/mol. The van der Waals surface area contributed by atoms with Crippen molar-refractivity contribution in [2.24, 2.45) is 5.84 Å². The Morgan fingerprint density at radius 1 is 1.44 bits per heavy atom. The van der Waals surface area contributed by atoms with Crippen LogP contribution in [0.25, 0.3) is 0 Å². The highest BCUT2D eigenvalue weighted by atomic mass is 28.2. The van der Waals surface area contributed by atoms with Gasteiger partial charge < -0.3 is 4.43 Å². The molecule has 7 heteroatoms. The molecule has 0 aliphatic carbocycles. The van der Waals surface area contributed by atoms with Crippen LogP contribution in [-0.4, -0.2) is 25.3 Å². The zero-order valence-electron chi connectivity index (χ0n) is 11.7. The lowest BCUT2D eigenvalue weighted by Gasteiger charge is -2.29. The highest BCUT2D eigenvalue weighted by molar-refractivity contribution is 6.31. The Balaban J connectivity index is 2.91. The van der Waals surface area contributed by atoms with Crippen molar-refractivity contribution in [2.75, 3.05) is 0 Å². The molecule has 18 heavy (non-hydrogen) atoms.